The molecular formula is C24H27ClFNO3. The Kier molecular flexibility index (Phi) is 6.03. The van der Waals surface area contributed by atoms with Crippen molar-refractivity contribution in [2.75, 3.05) is 27.3 Å². The van der Waals surface area contributed by atoms with E-state index in [0.717, 1.165) is 37.5 Å². The number of nitrogens with zero attached hydrogens (tertiary/aromatic N) is 1. The molecule has 0 spiro atoms. The van der Waals surface area contributed by atoms with Gasteiger partial charge in [-0.15, -0.1) is 0 Å². The van der Waals surface area contributed by atoms with E-state index in [1.165, 1.54) is 12.7 Å². The molecular weight excluding hydrogens is 405 g/mol. The van der Waals surface area contributed by atoms with Crippen molar-refractivity contribution in [1.82, 2.24) is 4.90 Å². The highest BCUT2D eigenvalue weighted by Crippen LogP contribution is 2.43. The molecule has 0 N–H and O–H groups in total. The molecule has 160 valence electrons. The van der Waals surface area contributed by atoms with E-state index in [2.05, 4.69) is 11.0 Å². The van der Waals surface area contributed by atoms with E-state index >= 15 is 4.39 Å². The first-order valence-electron chi connectivity index (χ1n) is 10.4. The molecule has 1 saturated heterocycles. The van der Waals surface area contributed by atoms with E-state index in [0.29, 0.717) is 22.6 Å². The van der Waals surface area contributed by atoms with Crippen LogP contribution in [0.1, 0.15) is 40.7 Å². The number of ketones is 1. The zero-order valence-electron chi connectivity index (χ0n) is 17.4. The lowest BCUT2D eigenvalue weighted by molar-refractivity contribution is 0.0587. The molecule has 1 aliphatic heterocycles. The molecule has 1 unspecified atom stereocenters. The quantitative estimate of drug-likeness (QED) is 0.637. The molecule has 1 fully saturated rings. The van der Waals surface area contributed by atoms with Crippen molar-refractivity contribution in [3.8, 4) is 11.5 Å². The van der Waals surface area contributed by atoms with Crippen molar-refractivity contribution in [2.24, 2.45) is 5.92 Å². The van der Waals surface area contributed by atoms with Crippen LogP contribution in [0.3, 0.4) is 0 Å². The SMILES string of the molecule is COc1cc2c(cc1OC)C(=O)C(F)(CC1CCN(Cc3cccc(Cl)c3)CC1)C2. The number of carbonyl (C=O) groups is 1. The number of halogens is 2. The van der Waals surface area contributed by atoms with Gasteiger partial charge < -0.3 is 9.47 Å². The number of carbonyl (C=O) groups excluding carboxylic acids is 1. The van der Waals surface area contributed by atoms with Gasteiger partial charge in [-0.25, -0.2) is 4.39 Å². The summed E-state index contributed by atoms with van der Waals surface area (Å²) in [6.45, 7) is 2.64. The summed E-state index contributed by atoms with van der Waals surface area (Å²) in [5.74, 6) is 0.776. The fourth-order valence-electron chi connectivity index (χ4n) is 4.77. The Morgan fingerprint density at radius 1 is 1.13 bits per heavy atom. The van der Waals surface area contributed by atoms with Crippen LogP contribution >= 0.6 is 11.6 Å². The number of Topliss-reactive ketones (excluding diaryl/α,β-unsaturated/α-hetero) is 1. The zero-order valence-corrected chi connectivity index (χ0v) is 18.2. The third kappa shape index (κ3) is 4.19. The summed E-state index contributed by atoms with van der Waals surface area (Å²) >= 11 is 6.08. The molecule has 4 nitrogen and oxygen atoms in total. The van der Waals surface area contributed by atoms with Gasteiger partial charge in [0.1, 0.15) is 0 Å². The number of rotatable bonds is 6. The summed E-state index contributed by atoms with van der Waals surface area (Å²) in [4.78, 5) is 15.3. The van der Waals surface area contributed by atoms with Gasteiger partial charge in [0.15, 0.2) is 17.2 Å². The molecule has 0 aromatic heterocycles. The first kappa shape index (κ1) is 21.1. The predicted octanol–water partition coefficient (Wildman–Crippen LogP) is 5.11. The number of ether oxygens (including phenoxy) is 2. The molecule has 4 rings (SSSR count). The number of hydrogen-bond donors (Lipinski definition) is 0. The fraction of sp³-hybridized carbons (Fsp3) is 0.458. The molecule has 0 saturated carbocycles. The van der Waals surface area contributed by atoms with E-state index in [9.17, 15) is 4.79 Å². The van der Waals surface area contributed by atoms with E-state index in [1.807, 2.05) is 18.2 Å². The number of hydrogen-bond acceptors (Lipinski definition) is 4. The van der Waals surface area contributed by atoms with Gasteiger partial charge in [0, 0.05) is 23.6 Å². The van der Waals surface area contributed by atoms with Crippen molar-refractivity contribution in [3.63, 3.8) is 0 Å². The summed E-state index contributed by atoms with van der Waals surface area (Å²) in [5.41, 5.74) is 0.485. The number of benzene rings is 2. The van der Waals surface area contributed by atoms with Crippen molar-refractivity contribution in [2.45, 2.75) is 37.9 Å². The highest BCUT2D eigenvalue weighted by Gasteiger charge is 2.48. The third-order valence-corrected chi connectivity index (χ3v) is 6.58. The van der Waals surface area contributed by atoms with Crippen LogP contribution < -0.4 is 9.47 Å². The molecule has 30 heavy (non-hydrogen) atoms. The topological polar surface area (TPSA) is 38.8 Å². The number of alkyl halides is 1. The van der Waals surface area contributed by atoms with Crippen LogP contribution in [-0.2, 0) is 13.0 Å². The normalized spacial score (nSPS) is 22.2. The Labute approximate surface area is 181 Å². The van der Waals surface area contributed by atoms with Gasteiger partial charge in [-0.3, -0.25) is 9.69 Å². The maximum Gasteiger partial charge on any atom is 0.200 e. The number of likely N-dealkylation sites (tertiary alicyclic amines) is 1. The van der Waals surface area contributed by atoms with E-state index in [-0.39, 0.29) is 18.8 Å². The van der Waals surface area contributed by atoms with Gasteiger partial charge in [0.2, 0.25) is 5.78 Å². The largest absolute Gasteiger partial charge is 0.493 e. The monoisotopic (exact) mass is 431 g/mol. The van der Waals surface area contributed by atoms with Crippen LogP contribution in [0.4, 0.5) is 4.39 Å². The Balaban J connectivity index is 1.38. The van der Waals surface area contributed by atoms with Gasteiger partial charge in [-0.2, -0.15) is 0 Å². The lowest BCUT2D eigenvalue weighted by atomic mass is 9.83. The highest BCUT2D eigenvalue weighted by atomic mass is 35.5. The van der Waals surface area contributed by atoms with Crippen LogP contribution in [0.15, 0.2) is 36.4 Å². The van der Waals surface area contributed by atoms with Gasteiger partial charge >= 0.3 is 0 Å². The molecule has 2 aromatic rings. The molecule has 1 atom stereocenters. The van der Waals surface area contributed by atoms with E-state index in [4.69, 9.17) is 21.1 Å². The van der Waals surface area contributed by atoms with Crippen LogP contribution in [0.2, 0.25) is 5.02 Å². The molecule has 1 aliphatic carbocycles. The lowest BCUT2D eigenvalue weighted by Crippen LogP contribution is -2.38. The van der Waals surface area contributed by atoms with E-state index < -0.39 is 11.5 Å². The molecule has 0 bridgehead atoms. The Hall–Kier alpha value is -2.11. The summed E-state index contributed by atoms with van der Waals surface area (Å²) in [5, 5.41) is 0.745. The van der Waals surface area contributed by atoms with Gasteiger partial charge in [0.05, 0.1) is 14.2 Å². The molecule has 1 heterocycles. The summed E-state index contributed by atoms with van der Waals surface area (Å²) < 4.78 is 26.4. The Morgan fingerprint density at radius 3 is 2.50 bits per heavy atom. The Bertz CT molecular complexity index is 942. The van der Waals surface area contributed by atoms with Crippen molar-refractivity contribution >= 4 is 17.4 Å². The number of fused-ring (bicyclic) bond motifs is 1. The summed E-state index contributed by atoms with van der Waals surface area (Å²) in [6.07, 6.45) is 2.17. The number of methoxy groups -OCH3 is 2. The lowest BCUT2D eigenvalue weighted by Gasteiger charge is -2.34. The molecule has 0 amide bonds. The molecule has 2 aliphatic rings. The molecule has 6 heteroatoms. The first-order chi connectivity index (χ1) is 14.4. The minimum absolute atomic E-state index is 0.115. The highest BCUT2D eigenvalue weighted by molar-refractivity contribution is 6.30. The van der Waals surface area contributed by atoms with Gasteiger partial charge in [-0.05, 0) is 73.7 Å². The third-order valence-electron chi connectivity index (χ3n) is 6.35. The average Bonchev–Trinajstić information content (AvgIpc) is 2.98. The predicted molar refractivity (Wildman–Crippen MR) is 115 cm³/mol. The second-order valence-electron chi connectivity index (χ2n) is 8.39. The minimum atomic E-state index is -1.83. The minimum Gasteiger partial charge on any atom is -0.493 e. The van der Waals surface area contributed by atoms with Crippen molar-refractivity contribution in [3.05, 3.63) is 58.1 Å². The van der Waals surface area contributed by atoms with Crippen molar-refractivity contribution in [1.29, 1.82) is 0 Å². The van der Waals surface area contributed by atoms with Crippen LogP contribution in [-0.4, -0.2) is 43.7 Å². The van der Waals surface area contributed by atoms with Gasteiger partial charge in [0.25, 0.3) is 0 Å². The van der Waals surface area contributed by atoms with Crippen LogP contribution in [0.25, 0.3) is 0 Å². The maximum atomic E-state index is 15.8. The zero-order chi connectivity index (χ0) is 21.3. The summed E-state index contributed by atoms with van der Waals surface area (Å²) in [7, 11) is 3.06. The standard InChI is InChI=1S/C24H27ClFNO3/c1-29-21-11-18-14-24(26,23(28)20(18)12-22(21)30-2)13-16-6-8-27(9-7-16)15-17-4-3-5-19(25)10-17/h3-5,10-12,16H,6-9,13-15H2,1-2H3. The Morgan fingerprint density at radius 2 is 1.83 bits per heavy atom. The smallest absolute Gasteiger partial charge is 0.200 e. The van der Waals surface area contributed by atoms with Crippen molar-refractivity contribution < 1.29 is 18.7 Å². The van der Waals surface area contributed by atoms with Crippen LogP contribution in [0.5, 0.6) is 11.5 Å². The average molecular weight is 432 g/mol. The fourth-order valence-corrected chi connectivity index (χ4v) is 4.98. The second-order valence-corrected chi connectivity index (χ2v) is 8.83. The number of piperidine rings is 1. The first-order valence-corrected chi connectivity index (χ1v) is 10.7. The molecule has 2 aromatic carbocycles. The van der Waals surface area contributed by atoms with Gasteiger partial charge in [-0.1, -0.05) is 23.7 Å². The van der Waals surface area contributed by atoms with E-state index in [1.54, 1.807) is 19.2 Å². The molecule has 0 radical (unpaired) electrons. The maximum absolute atomic E-state index is 15.8. The summed E-state index contributed by atoms with van der Waals surface area (Å²) in [6, 6.07) is 11.3. The van der Waals surface area contributed by atoms with Crippen LogP contribution in [0, 0.1) is 5.92 Å². The second kappa shape index (κ2) is 8.56.